The minimum absolute atomic E-state index is 0. The molecule has 1 fully saturated rings. The van der Waals surface area contributed by atoms with E-state index in [4.69, 9.17) is 5.73 Å². The Labute approximate surface area is 155 Å². The van der Waals surface area contributed by atoms with Crippen molar-refractivity contribution in [3.05, 3.63) is 29.6 Å². The molecule has 0 aromatic carbocycles. The fraction of sp³-hybridized carbons (Fsp3) is 0.562. The van der Waals surface area contributed by atoms with Crippen molar-refractivity contribution in [2.24, 2.45) is 11.7 Å². The topological polar surface area (TPSA) is 88.3 Å². The van der Waals surface area contributed by atoms with Gasteiger partial charge in [0.1, 0.15) is 0 Å². The minimum Gasteiger partial charge on any atom is -0.355 e. The average molecular weight is 377 g/mol. The first-order valence-electron chi connectivity index (χ1n) is 7.77. The van der Waals surface area contributed by atoms with Crippen LogP contribution >= 0.6 is 24.8 Å². The van der Waals surface area contributed by atoms with Crippen molar-refractivity contribution >= 4 is 36.6 Å². The highest BCUT2D eigenvalue weighted by Gasteiger charge is 2.28. The van der Waals surface area contributed by atoms with Crippen LogP contribution in [0.2, 0.25) is 0 Å². The monoisotopic (exact) mass is 376 g/mol. The number of hydrogen-bond donors (Lipinski definition) is 2. The Morgan fingerprint density at radius 1 is 1.38 bits per heavy atom. The van der Waals surface area contributed by atoms with Crippen LogP contribution in [0.25, 0.3) is 0 Å². The van der Waals surface area contributed by atoms with E-state index in [2.05, 4.69) is 10.3 Å². The van der Waals surface area contributed by atoms with E-state index in [1.165, 1.54) is 0 Å². The normalized spacial score (nSPS) is 16.6. The molecule has 1 aliphatic rings. The molecule has 0 bridgehead atoms. The number of likely N-dealkylation sites (tertiary alicyclic amines) is 1. The summed E-state index contributed by atoms with van der Waals surface area (Å²) < 4.78 is 0. The highest BCUT2D eigenvalue weighted by molar-refractivity contribution is 5.85. The number of carbonyl (C=O) groups is 2. The quantitative estimate of drug-likeness (QED) is 0.804. The van der Waals surface area contributed by atoms with Gasteiger partial charge < -0.3 is 16.0 Å². The number of pyridine rings is 1. The SMILES string of the molecule is Cc1ccc(CC(=O)N2CCCC(C(=O)NCCN)C2)cn1.Cl.Cl. The van der Waals surface area contributed by atoms with Crippen LogP contribution < -0.4 is 11.1 Å². The lowest BCUT2D eigenvalue weighted by atomic mass is 9.96. The smallest absolute Gasteiger partial charge is 0.227 e. The van der Waals surface area contributed by atoms with Crippen molar-refractivity contribution in [3.63, 3.8) is 0 Å². The summed E-state index contributed by atoms with van der Waals surface area (Å²) in [4.78, 5) is 30.4. The fourth-order valence-electron chi connectivity index (χ4n) is 2.65. The Kier molecular flexibility index (Phi) is 10.6. The second kappa shape index (κ2) is 11.2. The minimum atomic E-state index is -0.125. The van der Waals surface area contributed by atoms with Gasteiger partial charge in [-0.1, -0.05) is 6.07 Å². The number of aromatic nitrogens is 1. The largest absolute Gasteiger partial charge is 0.355 e. The van der Waals surface area contributed by atoms with Crippen LogP contribution in [0.3, 0.4) is 0 Å². The van der Waals surface area contributed by atoms with Gasteiger partial charge in [-0.15, -0.1) is 24.8 Å². The predicted octanol–water partition coefficient (Wildman–Crippen LogP) is 1.09. The van der Waals surface area contributed by atoms with Gasteiger partial charge in [-0.3, -0.25) is 14.6 Å². The van der Waals surface area contributed by atoms with Gasteiger partial charge in [-0.25, -0.2) is 0 Å². The van der Waals surface area contributed by atoms with Crippen LogP contribution in [0.1, 0.15) is 24.1 Å². The summed E-state index contributed by atoms with van der Waals surface area (Å²) in [5.74, 6) is -0.0673. The van der Waals surface area contributed by atoms with Crippen molar-refractivity contribution in [1.29, 1.82) is 0 Å². The summed E-state index contributed by atoms with van der Waals surface area (Å²) in [5, 5.41) is 2.81. The summed E-state index contributed by atoms with van der Waals surface area (Å²) in [5.41, 5.74) is 7.24. The number of nitrogens with zero attached hydrogens (tertiary/aromatic N) is 2. The molecular weight excluding hydrogens is 351 g/mol. The van der Waals surface area contributed by atoms with Crippen LogP contribution in [0.5, 0.6) is 0 Å². The summed E-state index contributed by atoms with van der Waals surface area (Å²) >= 11 is 0. The van der Waals surface area contributed by atoms with Crippen LogP contribution in [-0.2, 0) is 16.0 Å². The highest BCUT2D eigenvalue weighted by Crippen LogP contribution is 2.17. The molecule has 8 heteroatoms. The van der Waals surface area contributed by atoms with E-state index in [0.29, 0.717) is 26.1 Å². The second-order valence-electron chi connectivity index (χ2n) is 5.74. The van der Waals surface area contributed by atoms with Crippen molar-refractivity contribution in [3.8, 4) is 0 Å². The molecule has 2 heterocycles. The van der Waals surface area contributed by atoms with Gasteiger partial charge in [0, 0.05) is 38.1 Å². The zero-order chi connectivity index (χ0) is 15.9. The van der Waals surface area contributed by atoms with Gasteiger partial charge >= 0.3 is 0 Å². The Morgan fingerprint density at radius 2 is 2.12 bits per heavy atom. The van der Waals surface area contributed by atoms with E-state index < -0.39 is 0 Å². The number of halogens is 2. The first kappa shape index (κ1) is 22.6. The molecular formula is C16H26Cl2N4O2. The molecule has 0 saturated carbocycles. The van der Waals surface area contributed by atoms with Crippen LogP contribution in [-0.4, -0.2) is 47.9 Å². The maximum atomic E-state index is 12.4. The molecule has 136 valence electrons. The maximum Gasteiger partial charge on any atom is 0.227 e. The van der Waals surface area contributed by atoms with Gasteiger partial charge in [-0.2, -0.15) is 0 Å². The van der Waals surface area contributed by atoms with E-state index in [0.717, 1.165) is 30.6 Å². The number of piperidine rings is 1. The molecule has 1 unspecified atom stereocenters. The maximum absolute atomic E-state index is 12.4. The van der Waals surface area contributed by atoms with Crippen LogP contribution in [0.4, 0.5) is 0 Å². The van der Waals surface area contributed by atoms with Gasteiger partial charge in [0.25, 0.3) is 0 Å². The number of carbonyl (C=O) groups excluding carboxylic acids is 2. The molecule has 6 nitrogen and oxygen atoms in total. The van der Waals surface area contributed by atoms with E-state index in [1.807, 2.05) is 19.1 Å². The average Bonchev–Trinajstić information content (AvgIpc) is 2.54. The van der Waals surface area contributed by atoms with Crippen molar-refractivity contribution in [2.45, 2.75) is 26.2 Å². The molecule has 1 aliphatic heterocycles. The van der Waals surface area contributed by atoms with Gasteiger partial charge in [-0.05, 0) is 31.4 Å². The molecule has 2 rings (SSSR count). The van der Waals surface area contributed by atoms with Crippen molar-refractivity contribution < 1.29 is 9.59 Å². The molecule has 3 N–H and O–H groups in total. The van der Waals surface area contributed by atoms with E-state index in [-0.39, 0.29) is 42.5 Å². The summed E-state index contributed by atoms with van der Waals surface area (Å²) in [6, 6.07) is 3.83. The van der Waals surface area contributed by atoms with E-state index in [9.17, 15) is 9.59 Å². The lowest BCUT2D eigenvalue weighted by Crippen LogP contribution is -2.46. The van der Waals surface area contributed by atoms with Crippen molar-refractivity contribution in [2.75, 3.05) is 26.2 Å². The zero-order valence-electron chi connectivity index (χ0n) is 13.9. The Bertz CT molecular complexity index is 525. The number of rotatable bonds is 5. The molecule has 24 heavy (non-hydrogen) atoms. The summed E-state index contributed by atoms with van der Waals surface area (Å²) in [6.07, 6.45) is 3.76. The fourth-order valence-corrected chi connectivity index (χ4v) is 2.65. The molecule has 0 aliphatic carbocycles. The molecule has 2 amide bonds. The Balaban J connectivity index is 0.00000264. The van der Waals surface area contributed by atoms with Gasteiger partial charge in [0.15, 0.2) is 0 Å². The number of nitrogens with one attached hydrogen (secondary N) is 1. The van der Waals surface area contributed by atoms with Crippen LogP contribution in [0, 0.1) is 12.8 Å². The standard InChI is InChI=1S/C16H24N4O2.2ClH/c1-12-4-5-13(10-19-12)9-15(21)20-8-2-3-14(11-20)16(22)18-7-6-17;;/h4-5,10,14H,2-3,6-9,11,17H2,1H3,(H,18,22);2*1H. The van der Waals surface area contributed by atoms with E-state index >= 15 is 0 Å². The number of hydrogen-bond acceptors (Lipinski definition) is 4. The van der Waals surface area contributed by atoms with Crippen LogP contribution in [0.15, 0.2) is 18.3 Å². The molecule has 0 spiro atoms. The third-order valence-electron chi connectivity index (χ3n) is 3.92. The lowest BCUT2D eigenvalue weighted by Gasteiger charge is -2.32. The summed E-state index contributed by atoms with van der Waals surface area (Å²) in [7, 11) is 0. The number of aryl methyl sites for hydroxylation is 1. The Hall–Kier alpha value is -1.37. The number of nitrogens with two attached hydrogens (primary N) is 1. The second-order valence-corrected chi connectivity index (χ2v) is 5.74. The third-order valence-corrected chi connectivity index (χ3v) is 3.92. The number of amides is 2. The van der Waals surface area contributed by atoms with E-state index in [1.54, 1.807) is 11.1 Å². The Morgan fingerprint density at radius 3 is 2.75 bits per heavy atom. The third kappa shape index (κ3) is 6.63. The summed E-state index contributed by atoms with van der Waals surface area (Å²) in [6.45, 7) is 4.05. The first-order valence-corrected chi connectivity index (χ1v) is 7.77. The lowest BCUT2D eigenvalue weighted by molar-refractivity contribution is -0.135. The van der Waals surface area contributed by atoms with Crippen molar-refractivity contribution in [1.82, 2.24) is 15.2 Å². The van der Waals surface area contributed by atoms with Gasteiger partial charge in [0.05, 0.1) is 12.3 Å². The highest BCUT2D eigenvalue weighted by atomic mass is 35.5. The first-order chi connectivity index (χ1) is 10.6. The van der Waals surface area contributed by atoms with Gasteiger partial charge in [0.2, 0.25) is 11.8 Å². The predicted molar refractivity (Wildman–Crippen MR) is 98.5 cm³/mol. The molecule has 0 radical (unpaired) electrons. The molecule has 1 atom stereocenters. The molecule has 1 saturated heterocycles. The zero-order valence-corrected chi connectivity index (χ0v) is 15.5. The molecule has 1 aromatic heterocycles. The molecule has 1 aromatic rings.